The zero-order valence-corrected chi connectivity index (χ0v) is 12.0. The van der Waals surface area contributed by atoms with Gasteiger partial charge in [-0.1, -0.05) is 18.2 Å². The molecule has 0 aliphatic carbocycles. The molecular formula is C17H19NO3. The molecule has 2 N–H and O–H groups in total. The largest absolute Gasteiger partial charge is 0.497 e. The fourth-order valence-corrected chi connectivity index (χ4v) is 2.66. The van der Waals surface area contributed by atoms with Crippen LogP contribution in [0.4, 0.5) is 0 Å². The van der Waals surface area contributed by atoms with Crippen molar-refractivity contribution in [2.45, 2.75) is 12.3 Å². The van der Waals surface area contributed by atoms with Crippen LogP contribution in [0.1, 0.15) is 23.5 Å². The van der Waals surface area contributed by atoms with Crippen molar-refractivity contribution >= 4 is 0 Å². The molecule has 0 radical (unpaired) electrons. The number of fused-ring (bicyclic) bond motifs is 1. The maximum atomic E-state index is 5.79. The van der Waals surface area contributed by atoms with Crippen LogP contribution in [0, 0.1) is 0 Å². The molecule has 2 aromatic rings. The Hall–Kier alpha value is -2.20. The second kappa shape index (κ2) is 6.06. The Morgan fingerprint density at radius 2 is 1.76 bits per heavy atom. The van der Waals surface area contributed by atoms with Crippen LogP contribution in [0.15, 0.2) is 42.5 Å². The summed E-state index contributed by atoms with van der Waals surface area (Å²) in [5.74, 6) is 2.72. The Kier molecular flexibility index (Phi) is 3.97. The lowest BCUT2D eigenvalue weighted by molar-refractivity contribution is 0.174. The maximum absolute atomic E-state index is 5.79. The minimum atomic E-state index is 0.246. The van der Waals surface area contributed by atoms with Crippen LogP contribution in [0.2, 0.25) is 0 Å². The first kappa shape index (κ1) is 13.8. The standard InChI is InChI=1S/C17H19NO3/c1-19-14-5-2-12(3-6-14)15(8-9-18)13-4-7-16-17(10-13)21-11-20-16/h2-7,10,15H,8-9,11,18H2,1H3/t15-/m0/s1. The van der Waals surface area contributed by atoms with Crippen LogP contribution in [-0.2, 0) is 0 Å². The molecule has 21 heavy (non-hydrogen) atoms. The van der Waals surface area contributed by atoms with Gasteiger partial charge in [0.05, 0.1) is 7.11 Å². The fraction of sp³-hybridized carbons (Fsp3) is 0.294. The summed E-state index contributed by atoms with van der Waals surface area (Å²) in [5, 5.41) is 0. The Bertz CT molecular complexity index is 610. The van der Waals surface area contributed by atoms with Gasteiger partial charge in [0.15, 0.2) is 11.5 Å². The highest BCUT2D eigenvalue weighted by Crippen LogP contribution is 2.37. The van der Waals surface area contributed by atoms with Gasteiger partial charge >= 0.3 is 0 Å². The first-order valence-electron chi connectivity index (χ1n) is 7.05. The lowest BCUT2D eigenvalue weighted by Crippen LogP contribution is -2.09. The van der Waals surface area contributed by atoms with E-state index in [9.17, 15) is 0 Å². The highest BCUT2D eigenvalue weighted by Gasteiger charge is 2.19. The van der Waals surface area contributed by atoms with Crippen molar-refractivity contribution in [3.8, 4) is 17.2 Å². The monoisotopic (exact) mass is 285 g/mol. The van der Waals surface area contributed by atoms with Gasteiger partial charge in [0.25, 0.3) is 0 Å². The zero-order valence-electron chi connectivity index (χ0n) is 12.0. The predicted octanol–water partition coefficient (Wildman–Crippen LogP) is 2.90. The third kappa shape index (κ3) is 2.81. The molecule has 4 nitrogen and oxygen atoms in total. The minimum absolute atomic E-state index is 0.246. The summed E-state index contributed by atoms with van der Waals surface area (Å²) in [6.07, 6.45) is 0.881. The molecule has 0 unspecified atom stereocenters. The average molecular weight is 285 g/mol. The molecule has 1 aliphatic heterocycles. The van der Waals surface area contributed by atoms with Crippen molar-refractivity contribution in [2.75, 3.05) is 20.4 Å². The third-order valence-electron chi connectivity index (χ3n) is 3.77. The Labute approximate surface area is 124 Å². The molecule has 1 aliphatic rings. The lowest BCUT2D eigenvalue weighted by Gasteiger charge is -2.18. The highest BCUT2D eigenvalue weighted by atomic mass is 16.7. The Morgan fingerprint density at radius 1 is 1.05 bits per heavy atom. The van der Waals surface area contributed by atoms with Crippen molar-refractivity contribution < 1.29 is 14.2 Å². The number of hydrogen-bond acceptors (Lipinski definition) is 4. The van der Waals surface area contributed by atoms with Crippen LogP contribution in [-0.4, -0.2) is 20.4 Å². The third-order valence-corrected chi connectivity index (χ3v) is 3.77. The molecular weight excluding hydrogens is 266 g/mol. The number of rotatable bonds is 5. The van der Waals surface area contributed by atoms with Gasteiger partial charge in [-0.05, 0) is 48.4 Å². The van der Waals surface area contributed by atoms with Gasteiger partial charge in [-0.15, -0.1) is 0 Å². The van der Waals surface area contributed by atoms with E-state index in [-0.39, 0.29) is 5.92 Å². The van der Waals surface area contributed by atoms with E-state index in [1.807, 2.05) is 24.3 Å². The number of ether oxygens (including phenoxy) is 3. The van der Waals surface area contributed by atoms with Crippen molar-refractivity contribution in [1.29, 1.82) is 0 Å². The van der Waals surface area contributed by atoms with E-state index in [2.05, 4.69) is 18.2 Å². The molecule has 0 saturated heterocycles. The van der Waals surface area contributed by atoms with Crippen molar-refractivity contribution in [2.24, 2.45) is 5.73 Å². The molecule has 0 bridgehead atoms. The van der Waals surface area contributed by atoms with Crippen LogP contribution < -0.4 is 19.9 Å². The second-order valence-corrected chi connectivity index (χ2v) is 5.02. The van der Waals surface area contributed by atoms with Gasteiger partial charge in [-0.25, -0.2) is 0 Å². The highest BCUT2D eigenvalue weighted by molar-refractivity contribution is 5.47. The van der Waals surface area contributed by atoms with Crippen molar-refractivity contribution in [3.05, 3.63) is 53.6 Å². The molecule has 110 valence electrons. The van der Waals surface area contributed by atoms with Gasteiger partial charge < -0.3 is 19.9 Å². The molecule has 1 heterocycles. The van der Waals surface area contributed by atoms with E-state index in [4.69, 9.17) is 19.9 Å². The van der Waals surface area contributed by atoms with Crippen LogP contribution in [0.25, 0.3) is 0 Å². The summed E-state index contributed by atoms with van der Waals surface area (Å²) in [7, 11) is 1.67. The molecule has 2 aromatic carbocycles. The molecule has 0 saturated carbocycles. The zero-order chi connectivity index (χ0) is 14.7. The van der Waals surface area contributed by atoms with Gasteiger partial charge in [0.2, 0.25) is 6.79 Å². The summed E-state index contributed by atoms with van der Waals surface area (Å²) in [4.78, 5) is 0. The van der Waals surface area contributed by atoms with Gasteiger partial charge in [0.1, 0.15) is 5.75 Å². The number of methoxy groups -OCH3 is 1. The summed E-state index contributed by atoms with van der Waals surface area (Å²) in [6, 6.07) is 14.2. The molecule has 0 aromatic heterocycles. The van der Waals surface area contributed by atoms with Gasteiger partial charge in [-0.3, -0.25) is 0 Å². The van der Waals surface area contributed by atoms with E-state index in [0.717, 1.165) is 23.7 Å². The number of nitrogens with two attached hydrogens (primary N) is 1. The maximum Gasteiger partial charge on any atom is 0.231 e. The second-order valence-electron chi connectivity index (χ2n) is 5.02. The van der Waals surface area contributed by atoms with E-state index >= 15 is 0 Å². The van der Waals surface area contributed by atoms with Gasteiger partial charge in [0, 0.05) is 5.92 Å². The van der Waals surface area contributed by atoms with E-state index in [1.54, 1.807) is 7.11 Å². The molecule has 0 spiro atoms. The quantitative estimate of drug-likeness (QED) is 0.917. The van der Waals surface area contributed by atoms with Crippen molar-refractivity contribution in [1.82, 2.24) is 0 Å². The van der Waals surface area contributed by atoms with E-state index in [1.165, 1.54) is 11.1 Å². The molecule has 4 heteroatoms. The van der Waals surface area contributed by atoms with Crippen LogP contribution in [0.3, 0.4) is 0 Å². The van der Waals surface area contributed by atoms with E-state index in [0.29, 0.717) is 13.3 Å². The molecule has 3 rings (SSSR count). The average Bonchev–Trinajstić information content (AvgIpc) is 3.00. The minimum Gasteiger partial charge on any atom is -0.497 e. The first-order valence-corrected chi connectivity index (χ1v) is 7.05. The van der Waals surface area contributed by atoms with Crippen LogP contribution in [0.5, 0.6) is 17.2 Å². The Morgan fingerprint density at radius 3 is 2.48 bits per heavy atom. The number of benzene rings is 2. The molecule has 0 amide bonds. The summed E-state index contributed by atoms with van der Waals surface area (Å²) in [6.45, 7) is 0.925. The number of hydrogen-bond donors (Lipinski definition) is 1. The molecule has 1 atom stereocenters. The lowest BCUT2D eigenvalue weighted by atomic mass is 9.88. The topological polar surface area (TPSA) is 53.7 Å². The predicted molar refractivity (Wildman–Crippen MR) is 81.1 cm³/mol. The Balaban J connectivity index is 1.93. The summed E-state index contributed by atoms with van der Waals surface area (Å²) >= 11 is 0. The summed E-state index contributed by atoms with van der Waals surface area (Å²) in [5.41, 5.74) is 8.20. The summed E-state index contributed by atoms with van der Waals surface area (Å²) < 4.78 is 16.0. The van der Waals surface area contributed by atoms with E-state index < -0.39 is 0 Å². The normalized spacial score (nSPS) is 14.0. The van der Waals surface area contributed by atoms with Crippen LogP contribution >= 0.6 is 0 Å². The first-order chi connectivity index (χ1) is 10.3. The molecule has 0 fully saturated rings. The SMILES string of the molecule is COc1ccc([C@H](CCN)c2ccc3c(c2)OCO3)cc1. The smallest absolute Gasteiger partial charge is 0.231 e. The fourth-order valence-electron chi connectivity index (χ4n) is 2.66. The van der Waals surface area contributed by atoms with Gasteiger partial charge in [-0.2, -0.15) is 0 Å². The van der Waals surface area contributed by atoms with Crippen molar-refractivity contribution in [3.63, 3.8) is 0 Å².